The monoisotopic (exact) mass is 480 g/mol. The zero-order valence-corrected chi connectivity index (χ0v) is 19.6. The highest BCUT2D eigenvalue weighted by molar-refractivity contribution is 7.95. The van der Waals surface area contributed by atoms with E-state index in [2.05, 4.69) is 106 Å². The molecule has 4 aromatic rings. The summed E-state index contributed by atoms with van der Waals surface area (Å²) in [7, 11) is 0.0818. The zero-order valence-electron chi connectivity index (χ0n) is 17.1. The Morgan fingerprint density at radius 2 is 1.17 bits per heavy atom. The number of rotatable bonds is 8. The second kappa shape index (κ2) is 10.6. The van der Waals surface area contributed by atoms with E-state index in [1.807, 2.05) is 7.05 Å². The summed E-state index contributed by atoms with van der Waals surface area (Å²) in [5.74, 6) is 0.829. The van der Waals surface area contributed by atoms with Crippen molar-refractivity contribution in [1.29, 1.82) is 0 Å². The maximum Gasteiger partial charge on any atom is 0.174 e. The smallest absolute Gasteiger partial charge is 0.174 e. The Labute approximate surface area is 189 Å². The fourth-order valence-corrected chi connectivity index (χ4v) is 8.35. The van der Waals surface area contributed by atoms with Crippen molar-refractivity contribution < 1.29 is 17.0 Å². The van der Waals surface area contributed by atoms with Gasteiger partial charge < -0.3 is 17.0 Å². The number of hydrogen-bond acceptors (Lipinski definition) is 3. The van der Waals surface area contributed by atoms with E-state index < -0.39 is 7.26 Å². The molecule has 0 spiro atoms. The van der Waals surface area contributed by atoms with Crippen LogP contribution in [0.1, 0.15) is 18.7 Å². The van der Waals surface area contributed by atoms with E-state index in [0.717, 1.165) is 31.2 Å². The molecule has 4 rings (SSSR count). The van der Waals surface area contributed by atoms with Crippen molar-refractivity contribution in [2.45, 2.75) is 19.3 Å². The molecule has 0 aliphatic heterocycles. The first-order valence-corrected chi connectivity index (χ1v) is 12.0. The van der Waals surface area contributed by atoms with Gasteiger partial charge in [-0.3, -0.25) is 0 Å². The van der Waals surface area contributed by atoms with Crippen LogP contribution in [0.15, 0.2) is 91.0 Å². The van der Waals surface area contributed by atoms with Gasteiger partial charge in [-0.05, 0) is 54.5 Å². The minimum Gasteiger partial charge on any atom is -1.00 e. The molecule has 0 amide bonds. The first-order valence-electron chi connectivity index (χ1n) is 10.1. The predicted molar refractivity (Wildman–Crippen MR) is 122 cm³/mol. The van der Waals surface area contributed by atoms with Crippen LogP contribution in [-0.4, -0.2) is 26.4 Å². The minimum absolute atomic E-state index is 0. The average Bonchev–Trinajstić information content (AvgIpc) is 3.21. The molecule has 0 aliphatic carbocycles. The lowest BCUT2D eigenvalue weighted by Gasteiger charge is -2.27. The van der Waals surface area contributed by atoms with Crippen molar-refractivity contribution in [2.24, 2.45) is 7.05 Å². The van der Waals surface area contributed by atoms with Crippen LogP contribution in [0.4, 0.5) is 0 Å². The van der Waals surface area contributed by atoms with Crippen LogP contribution in [0.25, 0.3) is 0 Å². The maximum atomic E-state index is 4.32. The summed E-state index contributed by atoms with van der Waals surface area (Å²) in [6, 6.07) is 33.1. The van der Waals surface area contributed by atoms with Gasteiger partial charge in [0, 0.05) is 6.42 Å². The second-order valence-corrected chi connectivity index (χ2v) is 10.8. The molecule has 0 saturated heterocycles. The lowest BCUT2D eigenvalue weighted by Crippen LogP contribution is -3.00. The fourth-order valence-electron chi connectivity index (χ4n) is 3.94. The van der Waals surface area contributed by atoms with Crippen LogP contribution in [0.2, 0.25) is 0 Å². The third-order valence-electron chi connectivity index (χ3n) is 5.28. The molecule has 0 atom stereocenters. The van der Waals surface area contributed by atoms with Crippen LogP contribution in [-0.2, 0) is 13.5 Å². The number of aromatic nitrogens is 4. The molecule has 1 heterocycles. The van der Waals surface area contributed by atoms with Crippen molar-refractivity contribution in [3.63, 3.8) is 0 Å². The molecule has 0 radical (unpaired) electrons. The summed E-state index contributed by atoms with van der Waals surface area (Å²) in [4.78, 5) is 1.53. The Bertz CT molecular complexity index is 926. The van der Waals surface area contributed by atoms with Gasteiger partial charge in [-0.25, -0.2) is 0 Å². The maximum absolute atomic E-state index is 4.32. The van der Waals surface area contributed by atoms with Crippen LogP contribution in [0.3, 0.4) is 0 Å². The number of aryl methyl sites for hydroxylation is 2. The molecule has 4 nitrogen and oxygen atoms in total. The Morgan fingerprint density at radius 3 is 1.57 bits per heavy atom. The summed E-state index contributed by atoms with van der Waals surface area (Å²) in [5, 5.41) is 16.7. The van der Waals surface area contributed by atoms with Crippen molar-refractivity contribution in [2.75, 3.05) is 6.16 Å². The van der Waals surface area contributed by atoms with Gasteiger partial charge in [-0.15, -0.1) is 10.2 Å². The second-order valence-electron chi connectivity index (χ2n) is 7.19. The summed E-state index contributed by atoms with van der Waals surface area (Å²) >= 11 is 0. The number of tetrazole rings is 1. The Morgan fingerprint density at radius 1 is 0.700 bits per heavy atom. The normalized spacial score (nSPS) is 11.1. The van der Waals surface area contributed by atoms with Gasteiger partial charge in [0.2, 0.25) is 0 Å². The van der Waals surface area contributed by atoms with E-state index in [0.29, 0.717) is 0 Å². The van der Waals surface area contributed by atoms with E-state index in [-0.39, 0.29) is 17.0 Å². The summed E-state index contributed by atoms with van der Waals surface area (Å²) < 4.78 is 0. The SMILES string of the molecule is Cn1nnc(CCCC[P+](c2ccccc2)(c2ccccc2)c2ccccc2)n1.[Br-]. The molecule has 6 heteroatoms. The lowest BCUT2D eigenvalue weighted by molar-refractivity contribution is -0.00000606. The van der Waals surface area contributed by atoms with Crippen molar-refractivity contribution in [3.8, 4) is 0 Å². The van der Waals surface area contributed by atoms with E-state index in [1.165, 1.54) is 20.7 Å². The highest BCUT2D eigenvalue weighted by Gasteiger charge is 2.44. The van der Waals surface area contributed by atoms with Crippen LogP contribution in [0, 0.1) is 0 Å². The van der Waals surface area contributed by atoms with Gasteiger partial charge in [0.05, 0.1) is 13.2 Å². The molecule has 0 aliphatic rings. The van der Waals surface area contributed by atoms with E-state index >= 15 is 0 Å². The van der Waals surface area contributed by atoms with Crippen molar-refractivity contribution in [3.05, 3.63) is 96.8 Å². The molecule has 30 heavy (non-hydrogen) atoms. The molecule has 0 N–H and O–H groups in total. The molecule has 0 unspecified atom stereocenters. The van der Waals surface area contributed by atoms with Gasteiger partial charge in [0.1, 0.15) is 23.2 Å². The van der Waals surface area contributed by atoms with Gasteiger partial charge in [-0.2, -0.15) is 4.80 Å². The quantitative estimate of drug-likeness (QED) is 0.273. The van der Waals surface area contributed by atoms with Gasteiger partial charge in [0.25, 0.3) is 0 Å². The third kappa shape index (κ3) is 4.85. The van der Waals surface area contributed by atoms with E-state index in [4.69, 9.17) is 0 Å². The first-order chi connectivity index (χ1) is 14.3. The molecule has 0 fully saturated rings. The van der Waals surface area contributed by atoms with Crippen molar-refractivity contribution in [1.82, 2.24) is 20.2 Å². The van der Waals surface area contributed by atoms with Gasteiger partial charge in [0.15, 0.2) is 5.82 Å². The standard InChI is InChI=1S/C24H26N4P.BrH/c1-28-26-24(25-27-28)19-11-12-20-29(21-13-5-2-6-14-21,22-15-7-3-8-16-22)23-17-9-4-10-18-23;/h2-10,13-18H,11-12,19-20H2,1H3;1H/q+1;/p-1. The number of unbranched alkanes of at least 4 members (excludes halogenated alkanes) is 1. The average molecular weight is 481 g/mol. The number of nitrogens with zero attached hydrogens (tertiary/aromatic N) is 4. The van der Waals surface area contributed by atoms with Crippen LogP contribution < -0.4 is 32.9 Å². The van der Waals surface area contributed by atoms with Crippen molar-refractivity contribution >= 4 is 23.2 Å². The summed E-state index contributed by atoms with van der Waals surface area (Å²) in [6.07, 6.45) is 4.17. The molecule has 0 saturated carbocycles. The largest absolute Gasteiger partial charge is 1.00 e. The summed E-state index contributed by atoms with van der Waals surface area (Å²) in [6.45, 7) is 0. The van der Waals surface area contributed by atoms with Crippen LogP contribution in [0.5, 0.6) is 0 Å². The molecular formula is C24H26BrN4P. The lowest BCUT2D eigenvalue weighted by atomic mass is 10.2. The highest BCUT2D eigenvalue weighted by Crippen LogP contribution is 2.55. The number of halogens is 1. The third-order valence-corrected chi connectivity index (χ3v) is 9.81. The Balaban J connectivity index is 0.00000256. The minimum atomic E-state index is -1.73. The fraction of sp³-hybridized carbons (Fsp3) is 0.208. The Kier molecular flexibility index (Phi) is 7.89. The van der Waals surface area contributed by atoms with Crippen LogP contribution >= 0.6 is 7.26 Å². The summed E-state index contributed by atoms with van der Waals surface area (Å²) in [5.41, 5.74) is 0. The van der Waals surface area contributed by atoms with Gasteiger partial charge >= 0.3 is 0 Å². The number of hydrogen-bond donors (Lipinski definition) is 0. The first kappa shape index (κ1) is 22.3. The molecule has 3 aromatic carbocycles. The predicted octanol–water partition coefficient (Wildman–Crippen LogP) is 0.531. The molecule has 154 valence electrons. The topological polar surface area (TPSA) is 43.6 Å². The zero-order chi connectivity index (χ0) is 19.9. The van der Waals surface area contributed by atoms with E-state index in [1.54, 1.807) is 0 Å². The van der Waals surface area contributed by atoms with E-state index in [9.17, 15) is 0 Å². The number of benzene rings is 3. The highest BCUT2D eigenvalue weighted by atomic mass is 79.9. The molecular weight excluding hydrogens is 455 g/mol. The molecule has 0 bridgehead atoms. The van der Waals surface area contributed by atoms with Gasteiger partial charge in [-0.1, -0.05) is 54.6 Å². The Hall–Kier alpha value is -2.36. The molecule has 1 aromatic heterocycles.